The first-order valence-corrected chi connectivity index (χ1v) is 6.58. The van der Waals surface area contributed by atoms with Crippen LogP contribution in [0.1, 0.15) is 25.7 Å². The Morgan fingerprint density at radius 2 is 1.88 bits per heavy atom. The van der Waals surface area contributed by atoms with E-state index in [1.54, 1.807) is 0 Å². The number of nitrogens with zero attached hydrogens (tertiary/aromatic N) is 3. The van der Waals surface area contributed by atoms with E-state index in [0.717, 1.165) is 32.1 Å². The lowest BCUT2D eigenvalue weighted by atomic mass is 10.2. The zero-order chi connectivity index (χ0) is 11.2. The Kier molecular flexibility index (Phi) is 4.45. The van der Waals surface area contributed by atoms with Crippen molar-refractivity contribution in [2.45, 2.75) is 25.7 Å². The molecule has 2 heterocycles. The third kappa shape index (κ3) is 3.37. The Labute approximate surface area is 98.7 Å². The molecule has 0 amide bonds. The number of hydrogen-bond donors (Lipinski definition) is 1. The van der Waals surface area contributed by atoms with Crippen LogP contribution in [-0.4, -0.2) is 62.1 Å². The second kappa shape index (κ2) is 6.09. The highest BCUT2D eigenvalue weighted by atomic mass is 15.3. The van der Waals surface area contributed by atoms with Gasteiger partial charge < -0.3 is 15.1 Å². The number of rotatable bonds is 3. The molecule has 1 N–H and O–H groups in total. The Morgan fingerprint density at radius 1 is 1.12 bits per heavy atom. The molecule has 16 heavy (non-hydrogen) atoms. The normalized spacial score (nSPS) is 23.1. The molecule has 0 aromatic carbocycles. The molecule has 1 fully saturated rings. The van der Waals surface area contributed by atoms with Crippen molar-refractivity contribution >= 4 is 5.96 Å². The minimum absolute atomic E-state index is 0.947. The summed E-state index contributed by atoms with van der Waals surface area (Å²) in [5.74, 6) is 1.08. The van der Waals surface area contributed by atoms with Gasteiger partial charge in [-0.15, -0.1) is 0 Å². The topological polar surface area (TPSA) is 30.9 Å². The molecule has 0 aromatic rings. The van der Waals surface area contributed by atoms with Gasteiger partial charge in [0.1, 0.15) is 0 Å². The summed E-state index contributed by atoms with van der Waals surface area (Å²) in [7, 11) is 2.10. The summed E-state index contributed by atoms with van der Waals surface area (Å²) in [4.78, 5) is 9.21. The maximum absolute atomic E-state index is 4.43. The van der Waals surface area contributed by atoms with Gasteiger partial charge in [0.25, 0.3) is 0 Å². The zero-order valence-corrected chi connectivity index (χ0v) is 10.4. The lowest BCUT2D eigenvalue weighted by Gasteiger charge is -2.21. The SMILES string of the molecule is CN1CCN=C1NCCN1CCCCCC1. The van der Waals surface area contributed by atoms with Crippen molar-refractivity contribution in [1.29, 1.82) is 0 Å². The van der Waals surface area contributed by atoms with Gasteiger partial charge in [0.05, 0.1) is 6.54 Å². The lowest BCUT2D eigenvalue weighted by molar-refractivity contribution is 0.288. The molecular formula is C12H24N4. The average molecular weight is 224 g/mol. The largest absolute Gasteiger partial charge is 0.355 e. The van der Waals surface area contributed by atoms with Gasteiger partial charge in [-0.1, -0.05) is 12.8 Å². The minimum atomic E-state index is 0.947. The fraction of sp³-hybridized carbons (Fsp3) is 0.917. The Bertz CT molecular complexity index is 231. The molecule has 0 aliphatic carbocycles. The number of hydrogen-bond acceptors (Lipinski definition) is 4. The van der Waals surface area contributed by atoms with E-state index in [1.165, 1.54) is 38.8 Å². The average Bonchev–Trinajstić information content (AvgIpc) is 2.55. The van der Waals surface area contributed by atoms with Crippen LogP contribution in [0.5, 0.6) is 0 Å². The van der Waals surface area contributed by atoms with Gasteiger partial charge >= 0.3 is 0 Å². The maximum Gasteiger partial charge on any atom is 0.193 e. The number of aliphatic imine (C=N–C) groups is 1. The monoisotopic (exact) mass is 224 g/mol. The Morgan fingerprint density at radius 3 is 2.50 bits per heavy atom. The summed E-state index contributed by atoms with van der Waals surface area (Å²) in [6.45, 7) is 6.76. The zero-order valence-electron chi connectivity index (χ0n) is 10.4. The summed E-state index contributed by atoms with van der Waals surface area (Å²) in [6, 6.07) is 0. The van der Waals surface area contributed by atoms with Crippen LogP contribution in [0, 0.1) is 0 Å². The van der Waals surface area contributed by atoms with Crippen molar-refractivity contribution in [3.63, 3.8) is 0 Å². The number of likely N-dealkylation sites (N-methyl/N-ethyl adjacent to an activating group) is 1. The van der Waals surface area contributed by atoms with Crippen molar-refractivity contribution in [1.82, 2.24) is 15.1 Å². The molecule has 0 spiro atoms. The van der Waals surface area contributed by atoms with Crippen LogP contribution >= 0.6 is 0 Å². The van der Waals surface area contributed by atoms with Gasteiger partial charge in [0.15, 0.2) is 5.96 Å². The first-order valence-electron chi connectivity index (χ1n) is 6.58. The molecule has 4 heteroatoms. The Balaban J connectivity index is 1.63. The molecule has 92 valence electrons. The molecule has 0 radical (unpaired) electrons. The van der Waals surface area contributed by atoms with Crippen LogP contribution in [0.15, 0.2) is 4.99 Å². The first kappa shape index (κ1) is 11.7. The van der Waals surface area contributed by atoms with Gasteiger partial charge in [0.2, 0.25) is 0 Å². The molecule has 0 aromatic heterocycles. The molecule has 0 bridgehead atoms. The van der Waals surface area contributed by atoms with E-state index in [9.17, 15) is 0 Å². The minimum Gasteiger partial charge on any atom is -0.355 e. The van der Waals surface area contributed by atoms with Gasteiger partial charge in [-0.2, -0.15) is 0 Å². The van der Waals surface area contributed by atoms with Gasteiger partial charge in [-0.05, 0) is 25.9 Å². The van der Waals surface area contributed by atoms with E-state index < -0.39 is 0 Å². The van der Waals surface area contributed by atoms with Crippen molar-refractivity contribution in [3.05, 3.63) is 0 Å². The van der Waals surface area contributed by atoms with E-state index in [1.807, 2.05) is 0 Å². The van der Waals surface area contributed by atoms with Crippen LogP contribution in [0.3, 0.4) is 0 Å². The fourth-order valence-electron chi connectivity index (χ4n) is 2.41. The third-order valence-corrected chi connectivity index (χ3v) is 3.47. The van der Waals surface area contributed by atoms with E-state index in [0.29, 0.717) is 0 Å². The first-order chi connectivity index (χ1) is 7.86. The molecular weight excluding hydrogens is 200 g/mol. The van der Waals surface area contributed by atoms with E-state index in [2.05, 4.69) is 27.2 Å². The van der Waals surface area contributed by atoms with Crippen LogP contribution < -0.4 is 5.32 Å². The summed E-state index contributed by atoms with van der Waals surface area (Å²) in [5, 5.41) is 3.43. The summed E-state index contributed by atoms with van der Waals surface area (Å²) in [5.41, 5.74) is 0. The van der Waals surface area contributed by atoms with Gasteiger partial charge in [-0.25, -0.2) is 0 Å². The highest BCUT2D eigenvalue weighted by Gasteiger charge is 2.12. The molecule has 2 aliphatic rings. The lowest BCUT2D eigenvalue weighted by Crippen LogP contribution is -2.40. The highest BCUT2D eigenvalue weighted by Crippen LogP contribution is 2.08. The third-order valence-electron chi connectivity index (χ3n) is 3.47. The molecule has 4 nitrogen and oxygen atoms in total. The highest BCUT2D eigenvalue weighted by molar-refractivity contribution is 5.81. The van der Waals surface area contributed by atoms with Crippen LogP contribution in [-0.2, 0) is 0 Å². The smallest absolute Gasteiger partial charge is 0.193 e. The molecule has 1 saturated heterocycles. The molecule has 2 aliphatic heterocycles. The summed E-state index contributed by atoms with van der Waals surface area (Å²) >= 11 is 0. The van der Waals surface area contributed by atoms with E-state index in [4.69, 9.17) is 0 Å². The fourth-order valence-corrected chi connectivity index (χ4v) is 2.41. The van der Waals surface area contributed by atoms with E-state index in [-0.39, 0.29) is 0 Å². The van der Waals surface area contributed by atoms with Crippen LogP contribution in [0.25, 0.3) is 0 Å². The van der Waals surface area contributed by atoms with Crippen molar-refractivity contribution < 1.29 is 0 Å². The van der Waals surface area contributed by atoms with Crippen LogP contribution in [0.4, 0.5) is 0 Å². The van der Waals surface area contributed by atoms with E-state index >= 15 is 0 Å². The van der Waals surface area contributed by atoms with Crippen LogP contribution in [0.2, 0.25) is 0 Å². The predicted molar refractivity (Wildman–Crippen MR) is 67.8 cm³/mol. The number of likely N-dealkylation sites (tertiary alicyclic amines) is 1. The molecule has 0 unspecified atom stereocenters. The van der Waals surface area contributed by atoms with Gasteiger partial charge in [-0.3, -0.25) is 4.99 Å². The molecule has 2 rings (SSSR count). The second-order valence-corrected chi connectivity index (χ2v) is 4.81. The summed E-state index contributed by atoms with van der Waals surface area (Å²) in [6.07, 6.45) is 5.58. The Hall–Kier alpha value is -0.770. The molecule has 0 atom stereocenters. The number of guanidine groups is 1. The standard InChI is InChI=1S/C12H24N4/c1-15-10-6-13-12(15)14-7-11-16-8-4-2-3-5-9-16/h2-11H2,1H3,(H,13,14). The summed E-state index contributed by atoms with van der Waals surface area (Å²) < 4.78 is 0. The number of nitrogens with one attached hydrogen (secondary N) is 1. The quantitative estimate of drug-likeness (QED) is 0.767. The predicted octanol–water partition coefficient (Wildman–Crippen LogP) is 0.753. The van der Waals surface area contributed by atoms with Crippen molar-refractivity contribution in [2.75, 3.05) is 46.3 Å². The van der Waals surface area contributed by atoms with Gasteiger partial charge in [0, 0.05) is 26.7 Å². The van der Waals surface area contributed by atoms with Crippen molar-refractivity contribution in [2.24, 2.45) is 4.99 Å². The maximum atomic E-state index is 4.43. The molecule has 0 saturated carbocycles. The second-order valence-electron chi connectivity index (χ2n) is 4.81. The van der Waals surface area contributed by atoms with Crippen molar-refractivity contribution in [3.8, 4) is 0 Å².